The Kier molecular flexibility index (Phi) is 20.7. The molecule has 284 valence electrons. The van der Waals surface area contributed by atoms with Crippen LogP contribution in [0.4, 0.5) is 9.59 Å². The second-order valence-corrected chi connectivity index (χ2v) is 12.2. The van der Waals surface area contributed by atoms with Crippen molar-refractivity contribution < 1.29 is 33.4 Å². The number of nitrogens with zero attached hydrogens (tertiary/aromatic N) is 4. The summed E-state index contributed by atoms with van der Waals surface area (Å²) >= 11 is 0. The highest BCUT2D eigenvalue weighted by Gasteiger charge is 2.21. The van der Waals surface area contributed by atoms with Crippen molar-refractivity contribution >= 4 is 24.0 Å². The van der Waals surface area contributed by atoms with E-state index < -0.39 is 24.3 Å². The third-order valence-electron chi connectivity index (χ3n) is 7.97. The molecule has 14 nitrogen and oxygen atoms in total. The molecule has 3 aromatic rings. The predicted octanol–water partition coefficient (Wildman–Crippen LogP) is 6.76. The number of azide groups is 1. The van der Waals surface area contributed by atoms with Gasteiger partial charge in [-0.25, -0.2) is 9.59 Å². The largest absolute Gasteiger partial charge is 0.445 e. The van der Waals surface area contributed by atoms with Gasteiger partial charge in [0, 0.05) is 44.1 Å². The Labute approximate surface area is 311 Å². The number of benzene rings is 3. The molecule has 0 saturated heterocycles. The van der Waals surface area contributed by atoms with Gasteiger partial charge in [0.1, 0.15) is 13.2 Å². The lowest BCUT2D eigenvalue weighted by molar-refractivity contribution is -0.142. The third kappa shape index (κ3) is 19.0. The first-order valence-corrected chi connectivity index (χ1v) is 18.1. The first kappa shape index (κ1) is 41.8. The van der Waals surface area contributed by atoms with E-state index in [4.69, 9.17) is 19.7 Å². The summed E-state index contributed by atoms with van der Waals surface area (Å²) in [5, 5.41) is 11.8. The number of carbonyl (C=O) groups excluding carboxylic acids is 4. The molecule has 3 rings (SSSR count). The SMILES string of the molecule is [N-]=[N+]=NCCCCCCC(=O)NC(OCc1ccccc1)C(=O)NCCCCN(CCCNC(=O)OCc1ccccc1)C(=O)OCc1ccccc1. The first-order chi connectivity index (χ1) is 25.9. The van der Waals surface area contributed by atoms with Crippen molar-refractivity contribution in [3.63, 3.8) is 0 Å². The Morgan fingerprint density at radius 1 is 0.660 bits per heavy atom. The van der Waals surface area contributed by atoms with E-state index >= 15 is 0 Å². The number of ether oxygens (including phenoxy) is 3. The number of rotatable bonds is 25. The molecule has 14 heteroatoms. The molecule has 0 fully saturated rings. The van der Waals surface area contributed by atoms with E-state index in [2.05, 4.69) is 26.0 Å². The lowest BCUT2D eigenvalue weighted by atomic mass is 10.1. The van der Waals surface area contributed by atoms with Crippen LogP contribution in [0.1, 0.15) is 68.1 Å². The molecule has 0 heterocycles. The molecule has 1 atom stereocenters. The quantitative estimate of drug-likeness (QED) is 0.0283. The van der Waals surface area contributed by atoms with Crippen molar-refractivity contribution in [1.82, 2.24) is 20.9 Å². The lowest BCUT2D eigenvalue weighted by Gasteiger charge is -2.23. The molecule has 1 unspecified atom stereocenters. The highest BCUT2D eigenvalue weighted by Crippen LogP contribution is 2.08. The molecule has 4 amide bonds. The van der Waals surface area contributed by atoms with Crippen LogP contribution in [0.2, 0.25) is 0 Å². The van der Waals surface area contributed by atoms with Gasteiger partial charge in [-0.3, -0.25) is 9.59 Å². The minimum Gasteiger partial charge on any atom is -0.445 e. The van der Waals surface area contributed by atoms with Crippen LogP contribution in [0.3, 0.4) is 0 Å². The highest BCUT2D eigenvalue weighted by molar-refractivity contribution is 5.86. The first-order valence-electron chi connectivity index (χ1n) is 18.1. The van der Waals surface area contributed by atoms with Crippen molar-refractivity contribution in [3.05, 3.63) is 118 Å². The molecular formula is C39H51N7O7. The fourth-order valence-corrected chi connectivity index (χ4v) is 5.09. The van der Waals surface area contributed by atoms with Crippen LogP contribution in [0, 0.1) is 0 Å². The van der Waals surface area contributed by atoms with Gasteiger partial charge >= 0.3 is 12.2 Å². The fraction of sp³-hybridized carbons (Fsp3) is 0.436. The second kappa shape index (κ2) is 26.2. The van der Waals surface area contributed by atoms with Gasteiger partial charge in [-0.05, 0) is 54.3 Å². The highest BCUT2D eigenvalue weighted by atomic mass is 16.6. The summed E-state index contributed by atoms with van der Waals surface area (Å²) in [6.45, 7) is 2.17. The second-order valence-electron chi connectivity index (χ2n) is 12.2. The van der Waals surface area contributed by atoms with Crippen LogP contribution in [0.15, 0.2) is 96.1 Å². The number of hydrogen-bond acceptors (Lipinski definition) is 8. The maximum Gasteiger partial charge on any atom is 0.410 e. The minimum absolute atomic E-state index is 0.129. The van der Waals surface area contributed by atoms with Crippen LogP contribution < -0.4 is 16.0 Å². The molecule has 0 radical (unpaired) electrons. The summed E-state index contributed by atoms with van der Waals surface area (Å²) in [4.78, 5) is 55.4. The Hall–Kier alpha value is -5.59. The smallest absolute Gasteiger partial charge is 0.410 e. The van der Waals surface area contributed by atoms with Crippen LogP contribution >= 0.6 is 0 Å². The van der Waals surface area contributed by atoms with E-state index in [1.807, 2.05) is 91.0 Å². The number of unbranched alkanes of at least 4 members (excludes halogenated alkanes) is 4. The van der Waals surface area contributed by atoms with Crippen molar-refractivity contribution in [3.8, 4) is 0 Å². The zero-order chi connectivity index (χ0) is 37.8. The van der Waals surface area contributed by atoms with Gasteiger partial charge in [0.25, 0.3) is 5.91 Å². The molecule has 53 heavy (non-hydrogen) atoms. The van der Waals surface area contributed by atoms with Crippen molar-refractivity contribution in [2.45, 2.75) is 77.4 Å². The molecule has 0 aliphatic rings. The van der Waals surface area contributed by atoms with Gasteiger partial charge in [-0.1, -0.05) is 109 Å². The summed E-state index contributed by atoms with van der Waals surface area (Å²) in [6, 6.07) is 28.1. The molecule has 3 N–H and O–H groups in total. The average molecular weight is 730 g/mol. The van der Waals surface area contributed by atoms with E-state index in [-0.39, 0.29) is 32.1 Å². The maximum atomic E-state index is 13.1. The zero-order valence-corrected chi connectivity index (χ0v) is 30.2. The molecule has 0 bridgehead atoms. The van der Waals surface area contributed by atoms with Crippen LogP contribution in [-0.2, 0) is 43.6 Å². The molecule has 0 aromatic heterocycles. The van der Waals surface area contributed by atoms with E-state index in [1.165, 1.54) is 0 Å². The van der Waals surface area contributed by atoms with Crippen LogP contribution in [0.5, 0.6) is 0 Å². The standard InChI is InChI=1S/C39H51N7O7/c40-45-43-26-13-2-1-12-23-35(47)44-37(51-29-32-17-6-3-7-18-32)36(48)41-24-14-15-27-46(39(50)53-31-34-21-10-5-11-22-34)28-16-25-42-38(49)52-30-33-19-8-4-9-20-33/h3-11,17-22,37H,1-2,12-16,23-31H2,(H,41,48)(H,42,49)(H,44,47). The minimum atomic E-state index is -1.18. The number of nitrogens with one attached hydrogen (secondary N) is 3. The topological polar surface area (TPSA) is 184 Å². The fourth-order valence-electron chi connectivity index (χ4n) is 5.09. The zero-order valence-electron chi connectivity index (χ0n) is 30.2. The number of hydrogen-bond donors (Lipinski definition) is 3. The maximum absolute atomic E-state index is 13.1. The Morgan fingerprint density at radius 3 is 1.87 bits per heavy atom. The van der Waals surface area contributed by atoms with E-state index in [9.17, 15) is 19.2 Å². The average Bonchev–Trinajstić information content (AvgIpc) is 3.19. The van der Waals surface area contributed by atoms with E-state index in [0.29, 0.717) is 58.4 Å². The Balaban J connectivity index is 1.44. The summed E-state index contributed by atoms with van der Waals surface area (Å²) in [7, 11) is 0. The molecule has 3 aromatic carbocycles. The Bertz CT molecular complexity index is 1540. The van der Waals surface area contributed by atoms with E-state index in [1.54, 1.807) is 4.90 Å². The summed E-state index contributed by atoms with van der Waals surface area (Å²) < 4.78 is 16.7. The van der Waals surface area contributed by atoms with Crippen molar-refractivity contribution in [2.24, 2.45) is 5.11 Å². The predicted molar refractivity (Wildman–Crippen MR) is 200 cm³/mol. The normalized spacial score (nSPS) is 11.0. The van der Waals surface area contributed by atoms with Gasteiger partial charge in [0.15, 0.2) is 0 Å². The molecule has 0 aliphatic carbocycles. The van der Waals surface area contributed by atoms with Gasteiger partial charge in [0.2, 0.25) is 12.1 Å². The molecule has 0 saturated carbocycles. The number of alkyl carbamates (subject to hydrolysis) is 1. The van der Waals surface area contributed by atoms with Gasteiger partial charge < -0.3 is 35.1 Å². The molecule has 0 spiro atoms. The summed E-state index contributed by atoms with van der Waals surface area (Å²) in [5.74, 6) is -0.759. The number of carbonyl (C=O) groups is 4. The molecular weight excluding hydrogens is 678 g/mol. The number of amides is 4. The summed E-state index contributed by atoms with van der Waals surface area (Å²) in [6.07, 6.45) is 2.66. The third-order valence-corrected chi connectivity index (χ3v) is 7.97. The van der Waals surface area contributed by atoms with Crippen LogP contribution in [-0.4, -0.2) is 67.9 Å². The van der Waals surface area contributed by atoms with Gasteiger partial charge in [-0.15, -0.1) is 0 Å². The van der Waals surface area contributed by atoms with Gasteiger partial charge in [-0.2, -0.15) is 0 Å². The van der Waals surface area contributed by atoms with E-state index in [0.717, 1.165) is 36.0 Å². The van der Waals surface area contributed by atoms with Crippen LogP contribution in [0.25, 0.3) is 10.4 Å². The van der Waals surface area contributed by atoms with Crippen molar-refractivity contribution in [2.75, 3.05) is 32.7 Å². The van der Waals surface area contributed by atoms with Crippen molar-refractivity contribution in [1.29, 1.82) is 0 Å². The Morgan fingerprint density at radius 2 is 1.23 bits per heavy atom. The monoisotopic (exact) mass is 729 g/mol. The lowest BCUT2D eigenvalue weighted by Crippen LogP contribution is -2.48. The van der Waals surface area contributed by atoms with Gasteiger partial charge in [0.05, 0.1) is 6.61 Å². The molecule has 0 aliphatic heterocycles. The summed E-state index contributed by atoms with van der Waals surface area (Å²) in [5.41, 5.74) is 11.0.